The molecule has 2 heterocycles. The van der Waals surface area contributed by atoms with Gasteiger partial charge in [-0.25, -0.2) is 0 Å². The van der Waals surface area contributed by atoms with Gasteiger partial charge in [-0.05, 0) is 5.56 Å². The molecule has 0 unspecified atom stereocenters. The molecule has 0 atom stereocenters. The van der Waals surface area contributed by atoms with Gasteiger partial charge in [-0.3, -0.25) is 4.79 Å². The van der Waals surface area contributed by atoms with Crippen LogP contribution < -0.4 is 21.3 Å². The Bertz CT molecular complexity index is 319. The van der Waals surface area contributed by atoms with E-state index in [-0.39, 0.29) is 0 Å². The first-order valence-corrected chi connectivity index (χ1v) is 7.85. The Labute approximate surface area is 133 Å². The van der Waals surface area contributed by atoms with Crippen molar-refractivity contribution in [2.45, 2.75) is 6.61 Å². The lowest BCUT2D eigenvalue weighted by molar-refractivity contribution is -0.129. The fraction of sp³-hybridized carbons (Fsp3) is 0.562. The van der Waals surface area contributed by atoms with Crippen LogP contribution in [0.25, 0.3) is 0 Å². The van der Waals surface area contributed by atoms with Gasteiger partial charge in [0.25, 0.3) is 6.47 Å². The summed E-state index contributed by atoms with van der Waals surface area (Å²) in [6, 6.07) is 9.55. The zero-order valence-corrected chi connectivity index (χ0v) is 13.1. The molecule has 22 heavy (non-hydrogen) atoms. The number of carbonyl (C=O) groups excluding carboxylic acids is 1. The minimum Gasteiger partial charge on any atom is -0.463 e. The van der Waals surface area contributed by atoms with Crippen molar-refractivity contribution in [2.24, 2.45) is 0 Å². The second kappa shape index (κ2) is 14.5. The second-order valence-corrected chi connectivity index (χ2v) is 4.89. The molecule has 4 N–H and O–H groups in total. The summed E-state index contributed by atoms with van der Waals surface area (Å²) in [7, 11) is 0. The Kier molecular flexibility index (Phi) is 12.2. The number of benzene rings is 1. The molecule has 0 spiro atoms. The summed E-state index contributed by atoms with van der Waals surface area (Å²) in [6.07, 6.45) is 0. The van der Waals surface area contributed by atoms with Gasteiger partial charge in [0.15, 0.2) is 0 Å². The van der Waals surface area contributed by atoms with Crippen LogP contribution in [0.1, 0.15) is 5.56 Å². The maximum atomic E-state index is 9.76. The number of carbonyl (C=O) groups is 1. The third-order valence-corrected chi connectivity index (χ3v) is 3.08. The predicted octanol–water partition coefficient (Wildman–Crippen LogP) is -0.282. The summed E-state index contributed by atoms with van der Waals surface area (Å²) < 4.78 is 4.54. The molecule has 2 fully saturated rings. The Hall–Kier alpha value is -1.47. The van der Waals surface area contributed by atoms with Crippen LogP contribution in [0.2, 0.25) is 0 Å². The lowest BCUT2D eigenvalue weighted by atomic mass is 10.2. The maximum Gasteiger partial charge on any atom is 0.293 e. The average molecular weight is 308 g/mol. The van der Waals surface area contributed by atoms with Crippen LogP contribution in [0.3, 0.4) is 0 Å². The summed E-state index contributed by atoms with van der Waals surface area (Å²) in [5, 5.41) is 12.9. The van der Waals surface area contributed by atoms with Gasteiger partial charge < -0.3 is 26.0 Å². The molecule has 1 aromatic rings. The van der Waals surface area contributed by atoms with Crippen molar-refractivity contribution in [1.29, 1.82) is 0 Å². The first-order chi connectivity index (χ1) is 10.9. The molecule has 0 saturated carbocycles. The summed E-state index contributed by atoms with van der Waals surface area (Å²) in [6.45, 7) is 9.93. The number of ether oxygens (including phenoxy) is 1. The molecule has 2 saturated heterocycles. The highest BCUT2D eigenvalue weighted by atomic mass is 16.5. The van der Waals surface area contributed by atoms with Gasteiger partial charge in [0.05, 0.1) is 0 Å². The molecule has 2 aliphatic heterocycles. The highest BCUT2D eigenvalue weighted by molar-refractivity contribution is 5.37. The highest BCUT2D eigenvalue weighted by Gasteiger charge is 1.92. The van der Waals surface area contributed by atoms with Crippen LogP contribution in [0.5, 0.6) is 0 Å². The van der Waals surface area contributed by atoms with E-state index in [0.717, 1.165) is 57.9 Å². The Morgan fingerprint density at radius 3 is 1.50 bits per heavy atom. The summed E-state index contributed by atoms with van der Waals surface area (Å²) in [5.41, 5.74) is 1.01. The monoisotopic (exact) mass is 308 g/mol. The third-order valence-electron chi connectivity index (χ3n) is 3.08. The van der Waals surface area contributed by atoms with E-state index < -0.39 is 0 Å². The molecule has 124 valence electrons. The first-order valence-electron chi connectivity index (χ1n) is 7.85. The Morgan fingerprint density at radius 2 is 1.18 bits per heavy atom. The SMILES string of the molecule is C1CNCCN1.C1CNCCN1.O=COCc1ccccc1. The quantitative estimate of drug-likeness (QED) is 0.576. The summed E-state index contributed by atoms with van der Waals surface area (Å²) in [5.74, 6) is 0. The zero-order valence-electron chi connectivity index (χ0n) is 13.1. The van der Waals surface area contributed by atoms with E-state index in [9.17, 15) is 4.79 Å². The van der Waals surface area contributed by atoms with Crippen LogP contribution in [0, 0.1) is 0 Å². The molecular formula is C16H28N4O2. The smallest absolute Gasteiger partial charge is 0.293 e. The van der Waals surface area contributed by atoms with Crippen molar-refractivity contribution in [3.05, 3.63) is 35.9 Å². The molecule has 6 nitrogen and oxygen atoms in total. The fourth-order valence-electron chi connectivity index (χ4n) is 1.91. The van der Waals surface area contributed by atoms with Gasteiger partial charge in [-0.2, -0.15) is 0 Å². The van der Waals surface area contributed by atoms with Gasteiger partial charge in [-0.1, -0.05) is 30.3 Å². The molecule has 0 aliphatic carbocycles. The first kappa shape index (κ1) is 18.6. The highest BCUT2D eigenvalue weighted by Crippen LogP contribution is 1.98. The third kappa shape index (κ3) is 11.2. The number of hydrogen-bond donors (Lipinski definition) is 4. The van der Waals surface area contributed by atoms with E-state index in [1.807, 2.05) is 30.3 Å². The van der Waals surface area contributed by atoms with Crippen molar-refractivity contribution in [2.75, 3.05) is 52.4 Å². The molecule has 1 aromatic carbocycles. The second-order valence-electron chi connectivity index (χ2n) is 4.89. The van der Waals surface area contributed by atoms with Crippen molar-refractivity contribution >= 4 is 6.47 Å². The molecule has 0 radical (unpaired) electrons. The van der Waals surface area contributed by atoms with Gasteiger partial charge in [0.1, 0.15) is 6.61 Å². The number of hydrogen-bond acceptors (Lipinski definition) is 6. The Morgan fingerprint density at radius 1 is 0.773 bits per heavy atom. The number of piperazine rings is 2. The standard InChI is InChI=1S/C8H8O2.2C4H10N2/c9-7-10-6-8-4-2-1-3-5-8;2*1-2-6-4-3-5-1/h1-5,7H,6H2;2*5-6H,1-4H2. The minimum absolute atomic E-state index is 0.365. The molecule has 0 aromatic heterocycles. The maximum absolute atomic E-state index is 9.76. The average Bonchev–Trinajstić information content (AvgIpc) is 2.65. The van der Waals surface area contributed by atoms with E-state index >= 15 is 0 Å². The number of nitrogens with one attached hydrogen (secondary N) is 4. The summed E-state index contributed by atoms with van der Waals surface area (Å²) in [4.78, 5) is 9.76. The van der Waals surface area contributed by atoms with Crippen molar-refractivity contribution in [1.82, 2.24) is 21.3 Å². The minimum atomic E-state index is 0.365. The van der Waals surface area contributed by atoms with Crippen molar-refractivity contribution < 1.29 is 9.53 Å². The molecule has 0 bridgehead atoms. The molecule has 3 rings (SSSR count). The summed E-state index contributed by atoms with van der Waals surface area (Å²) >= 11 is 0. The lowest BCUT2D eigenvalue weighted by Gasteiger charge is -2.11. The van der Waals surface area contributed by atoms with Crippen LogP contribution in [0.4, 0.5) is 0 Å². The van der Waals surface area contributed by atoms with Crippen LogP contribution in [0.15, 0.2) is 30.3 Å². The molecule has 0 amide bonds. The van der Waals surface area contributed by atoms with Gasteiger partial charge in [0.2, 0.25) is 0 Å². The van der Waals surface area contributed by atoms with Crippen molar-refractivity contribution in [3.8, 4) is 0 Å². The zero-order chi connectivity index (χ0) is 15.7. The van der Waals surface area contributed by atoms with Gasteiger partial charge >= 0.3 is 0 Å². The number of rotatable bonds is 3. The van der Waals surface area contributed by atoms with E-state index in [4.69, 9.17) is 0 Å². The van der Waals surface area contributed by atoms with Crippen molar-refractivity contribution in [3.63, 3.8) is 0 Å². The Balaban J connectivity index is 0.000000174. The van der Waals surface area contributed by atoms with Gasteiger partial charge in [-0.15, -0.1) is 0 Å². The predicted molar refractivity (Wildman–Crippen MR) is 88.8 cm³/mol. The van der Waals surface area contributed by atoms with Crippen LogP contribution in [-0.2, 0) is 16.1 Å². The molecular weight excluding hydrogens is 280 g/mol. The molecule has 6 heteroatoms. The molecule has 2 aliphatic rings. The topological polar surface area (TPSA) is 74.4 Å². The normalized spacial score (nSPS) is 17.1. The fourth-order valence-corrected chi connectivity index (χ4v) is 1.91. The van der Waals surface area contributed by atoms with Crippen LogP contribution in [-0.4, -0.2) is 58.8 Å². The van der Waals surface area contributed by atoms with E-state index in [0.29, 0.717) is 13.1 Å². The largest absolute Gasteiger partial charge is 0.463 e. The van der Waals surface area contributed by atoms with E-state index in [1.165, 1.54) is 0 Å². The van der Waals surface area contributed by atoms with Crippen LogP contribution >= 0.6 is 0 Å². The van der Waals surface area contributed by atoms with Gasteiger partial charge in [0, 0.05) is 52.4 Å². The van der Waals surface area contributed by atoms with E-state index in [2.05, 4.69) is 26.0 Å². The van der Waals surface area contributed by atoms with E-state index in [1.54, 1.807) is 0 Å². The lowest BCUT2D eigenvalue weighted by Crippen LogP contribution is -2.39.